The molecule has 1 heterocycles. The first-order chi connectivity index (χ1) is 10.3. The van der Waals surface area contributed by atoms with Crippen LogP contribution in [0, 0.1) is 0 Å². The van der Waals surface area contributed by atoms with Crippen molar-refractivity contribution in [3.63, 3.8) is 0 Å². The van der Waals surface area contributed by atoms with Crippen LogP contribution in [0.3, 0.4) is 0 Å². The van der Waals surface area contributed by atoms with Crippen molar-refractivity contribution in [3.05, 3.63) is 59.7 Å². The molecular formula is C17H13NO3. The SMILES string of the molecule is O=CC(=Cc1ccccc1)c1ccc2c(c1)NC(=O)CO2. The third-order valence-electron chi connectivity index (χ3n) is 3.19. The Morgan fingerprint density at radius 3 is 2.71 bits per heavy atom. The zero-order chi connectivity index (χ0) is 14.7. The zero-order valence-corrected chi connectivity index (χ0v) is 11.2. The highest BCUT2D eigenvalue weighted by atomic mass is 16.5. The summed E-state index contributed by atoms with van der Waals surface area (Å²) >= 11 is 0. The molecule has 0 unspecified atom stereocenters. The molecule has 1 amide bonds. The Morgan fingerprint density at radius 1 is 1.14 bits per heavy atom. The highest BCUT2D eigenvalue weighted by Crippen LogP contribution is 2.31. The van der Waals surface area contributed by atoms with Gasteiger partial charge in [-0.25, -0.2) is 0 Å². The summed E-state index contributed by atoms with van der Waals surface area (Å²) in [4.78, 5) is 22.7. The van der Waals surface area contributed by atoms with Gasteiger partial charge in [-0.2, -0.15) is 0 Å². The number of allylic oxidation sites excluding steroid dienone is 1. The molecule has 0 atom stereocenters. The Bertz CT molecular complexity index is 720. The third-order valence-corrected chi connectivity index (χ3v) is 3.19. The van der Waals surface area contributed by atoms with E-state index in [0.29, 0.717) is 17.0 Å². The third kappa shape index (κ3) is 2.84. The van der Waals surface area contributed by atoms with Crippen LogP contribution in [0.2, 0.25) is 0 Å². The Labute approximate surface area is 122 Å². The fourth-order valence-corrected chi connectivity index (χ4v) is 2.18. The summed E-state index contributed by atoms with van der Waals surface area (Å²) in [5, 5.41) is 2.74. The predicted molar refractivity (Wildman–Crippen MR) is 80.9 cm³/mol. The Kier molecular flexibility index (Phi) is 3.51. The lowest BCUT2D eigenvalue weighted by atomic mass is 10.0. The summed E-state index contributed by atoms with van der Waals surface area (Å²) in [5.41, 5.74) is 2.81. The molecule has 1 N–H and O–H groups in total. The van der Waals surface area contributed by atoms with Gasteiger partial charge >= 0.3 is 0 Å². The zero-order valence-electron chi connectivity index (χ0n) is 11.2. The summed E-state index contributed by atoms with van der Waals surface area (Å²) in [7, 11) is 0. The van der Waals surface area contributed by atoms with Crippen LogP contribution in [0.5, 0.6) is 5.75 Å². The van der Waals surface area contributed by atoms with Gasteiger partial charge in [-0.05, 0) is 29.3 Å². The van der Waals surface area contributed by atoms with Crippen molar-refractivity contribution in [1.29, 1.82) is 0 Å². The van der Waals surface area contributed by atoms with E-state index in [4.69, 9.17) is 4.74 Å². The van der Waals surface area contributed by atoms with Gasteiger partial charge in [0, 0.05) is 5.57 Å². The van der Waals surface area contributed by atoms with E-state index >= 15 is 0 Å². The molecule has 4 heteroatoms. The number of hydrogen-bond donors (Lipinski definition) is 1. The van der Waals surface area contributed by atoms with Crippen LogP contribution in [0.1, 0.15) is 11.1 Å². The molecule has 3 rings (SSSR count). The summed E-state index contributed by atoms with van der Waals surface area (Å²) in [6.45, 7) is 0.0206. The smallest absolute Gasteiger partial charge is 0.262 e. The van der Waals surface area contributed by atoms with Crippen LogP contribution in [-0.4, -0.2) is 18.8 Å². The van der Waals surface area contributed by atoms with Gasteiger partial charge in [0.05, 0.1) is 5.69 Å². The monoisotopic (exact) mass is 279 g/mol. The Hall–Kier alpha value is -2.88. The normalized spacial score (nSPS) is 13.9. The fraction of sp³-hybridized carbons (Fsp3) is 0.0588. The highest BCUT2D eigenvalue weighted by molar-refractivity contribution is 6.14. The molecular weight excluding hydrogens is 266 g/mol. The van der Waals surface area contributed by atoms with Crippen LogP contribution in [0.4, 0.5) is 5.69 Å². The summed E-state index contributed by atoms with van der Waals surface area (Å²) in [6.07, 6.45) is 2.61. The van der Waals surface area contributed by atoms with Crippen molar-refractivity contribution >= 4 is 29.5 Å². The molecule has 4 nitrogen and oxygen atoms in total. The van der Waals surface area contributed by atoms with Gasteiger partial charge in [0.1, 0.15) is 5.75 Å². The second-order valence-corrected chi connectivity index (χ2v) is 4.68. The minimum absolute atomic E-state index is 0.0206. The fourth-order valence-electron chi connectivity index (χ4n) is 2.18. The molecule has 0 spiro atoms. The van der Waals surface area contributed by atoms with Gasteiger partial charge in [0.15, 0.2) is 12.9 Å². The van der Waals surface area contributed by atoms with E-state index in [0.717, 1.165) is 17.4 Å². The van der Waals surface area contributed by atoms with Gasteiger partial charge in [0.25, 0.3) is 5.91 Å². The minimum Gasteiger partial charge on any atom is -0.482 e. The van der Waals surface area contributed by atoms with Gasteiger partial charge in [-0.3, -0.25) is 9.59 Å². The average molecular weight is 279 g/mol. The van der Waals surface area contributed by atoms with E-state index < -0.39 is 0 Å². The second-order valence-electron chi connectivity index (χ2n) is 4.68. The standard InChI is InChI=1S/C17H13NO3/c19-10-14(8-12-4-2-1-3-5-12)13-6-7-16-15(9-13)18-17(20)11-21-16/h1-10H,11H2,(H,18,20). The first-order valence-corrected chi connectivity index (χ1v) is 6.55. The van der Waals surface area contributed by atoms with Crippen molar-refractivity contribution in [2.45, 2.75) is 0 Å². The highest BCUT2D eigenvalue weighted by Gasteiger charge is 2.16. The maximum atomic E-state index is 11.4. The number of carbonyl (C=O) groups is 2. The Morgan fingerprint density at radius 2 is 1.95 bits per heavy atom. The van der Waals surface area contributed by atoms with Gasteiger partial charge in [0.2, 0.25) is 0 Å². The number of benzene rings is 2. The first kappa shape index (κ1) is 13.1. The minimum atomic E-state index is -0.195. The molecule has 104 valence electrons. The lowest BCUT2D eigenvalue weighted by Crippen LogP contribution is -2.25. The van der Waals surface area contributed by atoms with Crippen LogP contribution in [-0.2, 0) is 9.59 Å². The van der Waals surface area contributed by atoms with E-state index in [2.05, 4.69) is 5.32 Å². The van der Waals surface area contributed by atoms with Crippen LogP contribution in [0.25, 0.3) is 11.6 Å². The van der Waals surface area contributed by atoms with Crippen LogP contribution in [0.15, 0.2) is 48.5 Å². The molecule has 1 aliphatic heterocycles. The number of anilines is 1. The molecule has 2 aromatic rings. The quantitative estimate of drug-likeness (QED) is 0.534. The first-order valence-electron chi connectivity index (χ1n) is 6.55. The number of aldehydes is 1. The molecule has 0 radical (unpaired) electrons. The maximum Gasteiger partial charge on any atom is 0.262 e. The molecule has 0 aliphatic carbocycles. The predicted octanol–water partition coefficient (Wildman–Crippen LogP) is 2.76. The summed E-state index contributed by atoms with van der Waals surface area (Å²) in [6, 6.07) is 14.9. The molecule has 1 aliphatic rings. The van der Waals surface area contributed by atoms with Gasteiger partial charge in [-0.15, -0.1) is 0 Å². The molecule has 0 fully saturated rings. The number of amides is 1. The molecule has 0 saturated heterocycles. The number of nitrogens with one attached hydrogen (secondary N) is 1. The largest absolute Gasteiger partial charge is 0.482 e. The van der Waals surface area contributed by atoms with E-state index in [1.54, 1.807) is 24.3 Å². The Balaban J connectivity index is 1.98. The lowest BCUT2D eigenvalue weighted by Gasteiger charge is -2.18. The van der Waals surface area contributed by atoms with Crippen molar-refractivity contribution < 1.29 is 14.3 Å². The molecule has 0 saturated carbocycles. The van der Waals surface area contributed by atoms with E-state index in [9.17, 15) is 9.59 Å². The summed E-state index contributed by atoms with van der Waals surface area (Å²) in [5.74, 6) is 0.419. The number of carbonyl (C=O) groups excluding carboxylic acids is 2. The van der Waals surface area contributed by atoms with E-state index in [1.165, 1.54) is 0 Å². The lowest BCUT2D eigenvalue weighted by molar-refractivity contribution is -0.118. The van der Waals surface area contributed by atoms with E-state index in [1.807, 2.05) is 30.3 Å². The number of fused-ring (bicyclic) bond motifs is 1. The van der Waals surface area contributed by atoms with Gasteiger partial charge in [-0.1, -0.05) is 36.4 Å². The van der Waals surface area contributed by atoms with Crippen molar-refractivity contribution in [1.82, 2.24) is 0 Å². The molecule has 0 aromatic heterocycles. The number of ether oxygens (including phenoxy) is 1. The topological polar surface area (TPSA) is 55.4 Å². The molecule has 2 aromatic carbocycles. The molecule has 0 bridgehead atoms. The maximum absolute atomic E-state index is 11.4. The second kappa shape index (κ2) is 5.63. The van der Waals surface area contributed by atoms with Crippen molar-refractivity contribution in [3.8, 4) is 5.75 Å². The molecule has 21 heavy (non-hydrogen) atoms. The van der Waals surface area contributed by atoms with Crippen LogP contribution < -0.4 is 10.1 Å². The van der Waals surface area contributed by atoms with Crippen molar-refractivity contribution in [2.24, 2.45) is 0 Å². The average Bonchev–Trinajstić information content (AvgIpc) is 2.53. The van der Waals surface area contributed by atoms with Crippen molar-refractivity contribution in [2.75, 3.05) is 11.9 Å². The van der Waals surface area contributed by atoms with Gasteiger partial charge < -0.3 is 10.1 Å². The summed E-state index contributed by atoms with van der Waals surface area (Å²) < 4.78 is 5.30. The number of rotatable bonds is 3. The van der Waals surface area contributed by atoms with E-state index in [-0.39, 0.29) is 12.5 Å². The van der Waals surface area contributed by atoms with Crippen LogP contribution >= 0.6 is 0 Å². The number of hydrogen-bond acceptors (Lipinski definition) is 3.